The Morgan fingerprint density at radius 2 is 2.00 bits per heavy atom. The van der Waals surface area contributed by atoms with Crippen LogP contribution in [0.2, 0.25) is 0 Å². The summed E-state index contributed by atoms with van der Waals surface area (Å²) in [5.41, 5.74) is 4.03. The molecule has 0 amide bonds. The maximum atomic E-state index is 13.3. The van der Waals surface area contributed by atoms with E-state index in [1.165, 1.54) is 11.7 Å². The van der Waals surface area contributed by atoms with Gasteiger partial charge in [0.25, 0.3) is 0 Å². The average molecular weight is 364 g/mol. The molecule has 0 aliphatic carbocycles. The molecule has 5 rings (SSSR count). The number of hydrogen-bond donors (Lipinski definition) is 0. The van der Waals surface area contributed by atoms with Gasteiger partial charge in [0.2, 0.25) is 5.78 Å². The molecule has 0 spiro atoms. The normalized spacial score (nSPS) is 21.7. The van der Waals surface area contributed by atoms with Gasteiger partial charge in [0.1, 0.15) is 16.9 Å². The molecule has 1 aromatic heterocycles. The predicted molar refractivity (Wildman–Crippen MR) is 102 cm³/mol. The fourth-order valence-corrected chi connectivity index (χ4v) is 4.32. The Bertz CT molecular complexity index is 1090. The highest BCUT2D eigenvalue weighted by Gasteiger charge is 2.54. The van der Waals surface area contributed by atoms with E-state index in [1.807, 2.05) is 43.3 Å². The van der Waals surface area contributed by atoms with Crippen molar-refractivity contribution in [2.24, 2.45) is 4.99 Å². The zero-order valence-electron chi connectivity index (χ0n) is 14.4. The number of ether oxygens (including phenoxy) is 1. The van der Waals surface area contributed by atoms with Crippen LogP contribution in [-0.4, -0.2) is 39.6 Å². The maximum absolute atomic E-state index is 13.3. The van der Waals surface area contributed by atoms with E-state index >= 15 is 0 Å². The number of benzene rings is 2. The Labute approximate surface area is 154 Å². The molecule has 0 radical (unpaired) electrons. The molecule has 2 aliphatic rings. The van der Waals surface area contributed by atoms with Crippen LogP contribution in [0.3, 0.4) is 0 Å². The van der Waals surface area contributed by atoms with Gasteiger partial charge in [0.05, 0.1) is 17.4 Å². The Morgan fingerprint density at radius 3 is 2.85 bits per heavy atom. The minimum atomic E-state index is -1.02. The first-order valence-electron chi connectivity index (χ1n) is 8.42. The summed E-state index contributed by atoms with van der Waals surface area (Å²) in [7, 11) is 1.59. The number of amidine groups is 1. The van der Waals surface area contributed by atoms with Gasteiger partial charge >= 0.3 is 0 Å². The lowest BCUT2D eigenvalue weighted by Gasteiger charge is -2.32. The molecule has 26 heavy (non-hydrogen) atoms. The number of carbonyl (C=O) groups excluding carboxylic acids is 1. The van der Waals surface area contributed by atoms with Gasteiger partial charge in [-0.3, -0.25) is 4.79 Å². The second kappa shape index (κ2) is 5.43. The molecular weight excluding hydrogens is 348 g/mol. The minimum Gasteiger partial charge on any atom is -0.362 e. The zero-order valence-corrected chi connectivity index (χ0v) is 15.2. The molecule has 1 saturated heterocycles. The number of rotatable bonds is 2. The first-order valence-corrected chi connectivity index (χ1v) is 9.15. The third-order valence-electron chi connectivity index (χ3n) is 5.19. The molecular formula is C19H16N4O2S. The van der Waals surface area contributed by atoms with Crippen LogP contribution in [0.25, 0.3) is 11.0 Å². The van der Waals surface area contributed by atoms with Crippen LogP contribution in [0.5, 0.6) is 0 Å². The van der Waals surface area contributed by atoms with Crippen molar-refractivity contribution in [2.75, 3.05) is 18.6 Å². The fourth-order valence-electron chi connectivity index (χ4n) is 3.81. The summed E-state index contributed by atoms with van der Waals surface area (Å²) in [4.78, 5) is 20.2. The summed E-state index contributed by atoms with van der Waals surface area (Å²) in [5.74, 6) is 0.645. The number of aromatic nitrogens is 2. The van der Waals surface area contributed by atoms with E-state index in [2.05, 4.69) is 13.6 Å². The van der Waals surface area contributed by atoms with Gasteiger partial charge in [0, 0.05) is 31.3 Å². The quantitative estimate of drug-likeness (QED) is 0.696. The Kier molecular flexibility index (Phi) is 3.26. The number of aryl methyl sites for hydroxylation is 1. The number of aliphatic imine (C=N–C) groups is 1. The van der Waals surface area contributed by atoms with Crippen molar-refractivity contribution in [1.29, 1.82) is 0 Å². The second-order valence-electron chi connectivity index (χ2n) is 6.66. The summed E-state index contributed by atoms with van der Waals surface area (Å²) in [6.07, 6.45) is 0.571. The first kappa shape index (κ1) is 15.6. The molecule has 3 aromatic rings. The first-order chi connectivity index (χ1) is 12.6. The Balaban J connectivity index is 1.68. The number of nitrogens with zero attached hydrogens (tertiary/aromatic N) is 4. The monoisotopic (exact) mass is 364 g/mol. The zero-order chi connectivity index (χ0) is 17.9. The van der Waals surface area contributed by atoms with Crippen LogP contribution < -0.4 is 4.90 Å². The van der Waals surface area contributed by atoms with Gasteiger partial charge in [-0.15, -0.1) is 0 Å². The summed E-state index contributed by atoms with van der Waals surface area (Å²) in [5, 5.41) is 0. The fraction of sp³-hybridized carbons (Fsp3) is 0.263. The van der Waals surface area contributed by atoms with E-state index in [0.29, 0.717) is 30.1 Å². The standard InChI is InChI=1S/C19H16N4O2S/c1-11-3-5-14-13(9-11)17(24)19(25-2)7-8-23(18(19)20-14)12-4-6-15-16(10-12)22-26-21-15/h3-6,9-10H,7-8H2,1-2H3/t19-/m1/s1. The van der Waals surface area contributed by atoms with Crippen molar-refractivity contribution in [3.8, 4) is 0 Å². The van der Waals surface area contributed by atoms with Crippen LogP contribution >= 0.6 is 11.7 Å². The van der Waals surface area contributed by atoms with Crippen molar-refractivity contribution in [3.63, 3.8) is 0 Å². The van der Waals surface area contributed by atoms with E-state index in [9.17, 15) is 4.79 Å². The number of carbonyl (C=O) groups is 1. The van der Waals surface area contributed by atoms with Gasteiger partial charge in [-0.1, -0.05) is 11.6 Å². The Morgan fingerprint density at radius 1 is 1.15 bits per heavy atom. The summed E-state index contributed by atoms with van der Waals surface area (Å²) >= 11 is 1.20. The number of Topliss-reactive ketones (excluding diaryl/α,β-unsaturated/α-hetero) is 1. The van der Waals surface area contributed by atoms with Crippen molar-refractivity contribution >= 4 is 45.8 Å². The molecule has 2 aliphatic heterocycles. The molecule has 0 N–H and O–H groups in total. The van der Waals surface area contributed by atoms with E-state index < -0.39 is 5.60 Å². The molecule has 0 unspecified atom stereocenters. The van der Waals surface area contributed by atoms with Crippen molar-refractivity contribution in [1.82, 2.24) is 8.75 Å². The molecule has 1 fully saturated rings. The number of anilines is 1. The highest BCUT2D eigenvalue weighted by atomic mass is 32.1. The minimum absolute atomic E-state index is 0.0115. The molecule has 130 valence electrons. The number of ketones is 1. The van der Waals surface area contributed by atoms with Gasteiger partial charge < -0.3 is 9.64 Å². The highest BCUT2D eigenvalue weighted by Crippen LogP contribution is 2.41. The van der Waals surface area contributed by atoms with Crippen LogP contribution in [0.1, 0.15) is 22.3 Å². The van der Waals surface area contributed by atoms with Crippen LogP contribution in [0.15, 0.2) is 41.4 Å². The van der Waals surface area contributed by atoms with Crippen LogP contribution in [-0.2, 0) is 4.74 Å². The lowest BCUT2D eigenvalue weighted by Crippen LogP contribution is -2.50. The van der Waals surface area contributed by atoms with Gasteiger partial charge in [-0.25, -0.2) is 4.99 Å². The molecule has 1 atom stereocenters. The average Bonchev–Trinajstić information content (AvgIpc) is 3.27. The van der Waals surface area contributed by atoms with Crippen molar-refractivity contribution < 1.29 is 9.53 Å². The molecule has 7 heteroatoms. The number of methoxy groups -OCH3 is 1. The maximum Gasteiger partial charge on any atom is 0.204 e. The summed E-state index contributed by atoms with van der Waals surface area (Å²) in [6, 6.07) is 11.7. The molecule has 0 saturated carbocycles. The van der Waals surface area contributed by atoms with Gasteiger partial charge in [-0.05, 0) is 37.3 Å². The Hall–Kier alpha value is -2.64. The van der Waals surface area contributed by atoms with E-state index in [-0.39, 0.29) is 5.78 Å². The topological polar surface area (TPSA) is 67.7 Å². The summed E-state index contributed by atoms with van der Waals surface area (Å²) in [6.45, 7) is 2.64. The summed E-state index contributed by atoms with van der Waals surface area (Å²) < 4.78 is 14.4. The largest absolute Gasteiger partial charge is 0.362 e. The smallest absolute Gasteiger partial charge is 0.204 e. The third kappa shape index (κ3) is 2.01. The highest BCUT2D eigenvalue weighted by molar-refractivity contribution is 7.00. The van der Waals surface area contributed by atoms with Gasteiger partial charge in [0.15, 0.2) is 5.60 Å². The number of hydrogen-bond acceptors (Lipinski definition) is 7. The second-order valence-corrected chi connectivity index (χ2v) is 7.18. The van der Waals surface area contributed by atoms with E-state index in [1.54, 1.807) is 7.11 Å². The van der Waals surface area contributed by atoms with E-state index in [0.717, 1.165) is 22.3 Å². The lowest BCUT2D eigenvalue weighted by molar-refractivity contribution is 0.0388. The van der Waals surface area contributed by atoms with Crippen LogP contribution in [0, 0.1) is 6.92 Å². The van der Waals surface area contributed by atoms with Crippen molar-refractivity contribution in [3.05, 3.63) is 47.5 Å². The van der Waals surface area contributed by atoms with Crippen molar-refractivity contribution in [2.45, 2.75) is 18.9 Å². The predicted octanol–water partition coefficient (Wildman–Crippen LogP) is 3.52. The molecule has 0 bridgehead atoms. The molecule has 2 aromatic carbocycles. The van der Waals surface area contributed by atoms with Gasteiger partial charge in [-0.2, -0.15) is 8.75 Å². The van der Waals surface area contributed by atoms with Crippen LogP contribution in [0.4, 0.5) is 11.4 Å². The lowest BCUT2D eigenvalue weighted by atomic mass is 9.86. The molecule has 6 nitrogen and oxygen atoms in total. The third-order valence-corrected chi connectivity index (χ3v) is 5.75. The molecule has 3 heterocycles. The van der Waals surface area contributed by atoms with E-state index in [4.69, 9.17) is 9.73 Å². The number of fused-ring (bicyclic) bond motifs is 3. The SMILES string of the molecule is CO[C@@]12CCN(c3ccc4nsnc4c3)C1=Nc1ccc(C)cc1C2=O.